The molecule has 0 bridgehead atoms. The first-order valence-corrected chi connectivity index (χ1v) is 11.7. The zero-order valence-electron chi connectivity index (χ0n) is 19.7. The number of hydrogen-bond donors (Lipinski definition) is 2. The lowest BCUT2D eigenvalue weighted by Gasteiger charge is -2.22. The van der Waals surface area contributed by atoms with Crippen LogP contribution in [0.3, 0.4) is 0 Å². The number of ether oxygens (including phenoxy) is 2. The van der Waals surface area contributed by atoms with Crippen LogP contribution in [0.2, 0.25) is 0 Å². The molecule has 35 heavy (non-hydrogen) atoms. The normalized spacial score (nSPS) is 19.7. The van der Waals surface area contributed by atoms with Crippen LogP contribution >= 0.6 is 0 Å². The van der Waals surface area contributed by atoms with E-state index in [4.69, 9.17) is 9.47 Å². The van der Waals surface area contributed by atoms with E-state index in [9.17, 15) is 4.79 Å². The summed E-state index contributed by atoms with van der Waals surface area (Å²) in [5.74, 6) is 1.55. The summed E-state index contributed by atoms with van der Waals surface area (Å²) in [5.41, 5.74) is 3.98. The predicted octanol–water partition coefficient (Wildman–Crippen LogP) is 3.24. The van der Waals surface area contributed by atoms with Crippen molar-refractivity contribution in [1.29, 1.82) is 0 Å². The van der Waals surface area contributed by atoms with Crippen LogP contribution < -0.4 is 15.0 Å². The van der Waals surface area contributed by atoms with Crippen molar-refractivity contribution in [3.05, 3.63) is 48.4 Å². The van der Waals surface area contributed by atoms with Gasteiger partial charge in [0.15, 0.2) is 0 Å². The fourth-order valence-corrected chi connectivity index (χ4v) is 5.10. The van der Waals surface area contributed by atoms with Crippen LogP contribution in [-0.4, -0.2) is 64.1 Å². The number of carbonyl (C=O) groups excluding carboxylic acids is 1. The van der Waals surface area contributed by atoms with Gasteiger partial charge >= 0.3 is 0 Å². The van der Waals surface area contributed by atoms with E-state index >= 15 is 0 Å². The van der Waals surface area contributed by atoms with Crippen LogP contribution in [0.25, 0.3) is 22.2 Å². The van der Waals surface area contributed by atoms with Crippen LogP contribution in [0.4, 0.5) is 11.8 Å². The van der Waals surface area contributed by atoms with Crippen molar-refractivity contribution in [3.8, 4) is 16.9 Å². The number of amides is 1. The highest BCUT2D eigenvalue weighted by atomic mass is 16.5. The topological polar surface area (TPSA) is 110 Å². The first-order valence-electron chi connectivity index (χ1n) is 11.7. The molecule has 5 heterocycles. The fraction of sp³-hybridized carbons (Fsp3) is 0.360. The van der Waals surface area contributed by atoms with Crippen molar-refractivity contribution in [1.82, 2.24) is 24.7 Å². The van der Waals surface area contributed by atoms with Gasteiger partial charge in [0, 0.05) is 61.2 Å². The number of carbonyl (C=O) groups is 1. The van der Waals surface area contributed by atoms with E-state index < -0.39 is 0 Å². The minimum Gasteiger partial charge on any atom is -0.494 e. The van der Waals surface area contributed by atoms with Crippen LogP contribution in [-0.2, 0) is 11.8 Å². The molecular formula is C25H27N7O3. The molecule has 10 heteroatoms. The molecule has 1 aromatic carbocycles. The van der Waals surface area contributed by atoms with Crippen molar-refractivity contribution in [2.45, 2.75) is 12.8 Å². The number of H-pyrrole nitrogens is 1. The first-order chi connectivity index (χ1) is 17.0. The molecule has 1 unspecified atom stereocenters. The van der Waals surface area contributed by atoms with Gasteiger partial charge in [0.25, 0.3) is 5.91 Å². The number of aromatic nitrogens is 5. The van der Waals surface area contributed by atoms with Crippen LogP contribution in [0.15, 0.2) is 42.9 Å². The molecule has 1 spiro atoms. The van der Waals surface area contributed by atoms with Gasteiger partial charge in [-0.3, -0.25) is 14.8 Å². The molecule has 2 N–H and O–H groups in total. The van der Waals surface area contributed by atoms with E-state index in [1.54, 1.807) is 30.3 Å². The second-order valence-electron chi connectivity index (χ2n) is 9.36. The number of aryl methyl sites for hydroxylation is 1. The molecule has 2 saturated heterocycles. The molecule has 10 nitrogen and oxygen atoms in total. The Morgan fingerprint density at radius 3 is 2.97 bits per heavy atom. The van der Waals surface area contributed by atoms with Gasteiger partial charge in [-0.2, -0.15) is 5.10 Å². The van der Waals surface area contributed by atoms with Gasteiger partial charge in [0.2, 0.25) is 5.95 Å². The highest BCUT2D eigenvalue weighted by molar-refractivity contribution is 6.05. The summed E-state index contributed by atoms with van der Waals surface area (Å²) < 4.78 is 12.9. The van der Waals surface area contributed by atoms with E-state index in [1.807, 2.05) is 31.4 Å². The second-order valence-corrected chi connectivity index (χ2v) is 9.36. The molecule has 6 rings (SSSR count). The SMILES string of the molecule is COc1ccc(-c2cnn(C)c2)c2nc(NC(=O)c3ccnc(N4CCC5(CCOC5)C4)c3)[nH]c12. The molecule has 0 aliphatic carbocycles. The molecule has 2 aliphatic heterocycles. The average Bonchev–Trinajstić information content (AvgIpc) is 3.67. The smallest absolute Gasteiger partial charge is 0.258 e. The van der Waals surface area contributed by atoms with Crippen molar-refractivity contribution in [3.63, 3.8) is 0 Å². The molecule has 1 atom stereocenters. The lowest BCUT2D eigenvalue weighted by molar-refractivity contribution is 0.102. The monoisotopic (exact) mass is 473 g/mol. The van der Waals surface area contributed by atoms with E-state index in [0.717, 1.165) is 56.1 Å². The van der Waals surface area contributed by atoms with Crippen molar-refractivity contribution >= 4 is 28.7 Å². The van der Waals surface area contributed by atoms with Gasteiger partial charge in [0.05, 0.1) is 19.9 Å². The first kappa shape index (κ1) is 21.6. The third-order valence-electron chi connectivity index (χ3n) is 7.03. The number of anilines is 2. The van der Waals surface area contributed by atoms with Gasteiger partial charge in [-0.05, 0) is 37.1 Å². The molecule has 2 fully saturated rings. The van der Waals surface area contributed by atoms with Crippen molar-refractivity contribution in [2.24, 2.45) is 12.5 Å². The number of methoxy groups -OCH3 is 1. The molecule has 3 aromatic heterocycles. The lowest BCUT2D eigenvalue weighted by Crippen LogP contribution is -2.28. The van der Waals surface area contributed by atoms with Gasteiger partial charge in [-0.15, -0.1) is 0 Å². The van der Waals surface area contributed by atoms with Crippen LogP contribution in [0, 0.1) is 5.41 Å². The Hall–Kier alpha value is -3.92. The molecule has 1 amide bonds. The largest absolute Gasteiger partial charge is 0.494 e. The predicted molar refractivity (Wildman–Crippen MR) is 132 cm³/mol. The number of nitrogens with zero attached hydrogens (tertiary/aromatic N) is 5. The van der Waals surface area contributed by atoms with Gasteiger partial charge in [-0.25, -0.2) is 9.97 Å². The molecule has 2 aliphatic rings. The molecule has 180 valence electrons. The minimum atomic E-state index is -0.257. The highest BCUT2D eigenvalue weighted by Gasteiger charge is 2.41. The number of benzene rings is 1. The Morgan fingerprint density at radius 2 is 2.20 bits per heavy atom. The number of rotatable bonds is 5. The number of nitrogens with one attached hydrogen (secondary N) is 2. The number of fused-ring (bicyclic) bond motifs is 1. The lowest BCUT2D eigenvalue weighted by atomic mass is 9.87. The third-order valence-corrected chi connectivity index (χ3v) is 7.03. The Morgan fingerprint density at radius 1 is 1.29 bits per heavy atom. The number of imidazole rings is 1. The Labute approximate surface area is 202 Å². The van der Waals surface area contributed by atoms with Crippen LogP contribution in [0.5, 0.6) is 5.75 Å². The van der Waals surface area contributed by atoms with E-state index in [1.165, 1.54) is 0 Å². The maximum atomic E-state index is 13.1. The summed E-state index contributed by atoms with van der Waals surface area (Å²) >= 11 is 0. The molecule has 0 saturated carbocycles. The Bertz CT molecular complexity index is 1400. The minimum absolute atomic E-state index is 0.221. The maximum Gasteiger partial charge on any atom is 0.258 e. The fourth-order valence-electron chi connectivity index (χ4n) is 5.10. The molecule has 4 aromatic rings. The van der Waals surface area contributed by atoms with Gasteiger partial charge < -0.3 is 19.4 Å². The standard InChI is InChI=1S/C25H27N7O3/c1-31-13-17(12-27-31)18-3-4-19(34-2)22-21(18)28-24(29-22)30-23(33)16-5-8-26-20(11-16)32-9-6-25(14-32)7-10-35-15-25/h3-5,8,11-13H,6-7,9-10,14-15H2,1-2H3,(H2,28,29,30,33). The van der Waals surface area contributed by atoms with E-state index in [2.05, 4.69) is 30.3 Å². The summed E-state index contributed by atoms with van der Waals surface area (Å²) in [7, 11) is 3.48. The van der Waals surface area contributed by atoms with Crippen LogP contribution in [0.1, 0.15) is 23.2 Å². The highest BCUT2D eigenvalue weighted by Crippen LogP contribution is 2.39. The summed E-state index contributed by atoms with van der Waals surface area (Å²) in [4.78, 5) is 27.8. The number of pyridine rings is 1. The quantitative estimate of drug-likeness (QED) is 0.458. The second kappa shape index (κ2) is 8.38. The summed E-state index contributed by atoms with van der Waals surface area (Å²) in [6.45, 7) is 3.46. The van der Waals surface area contributed by atoms with Gasteiger partial charge in [0.1, 0.15) is 22.6 Å². The zero-order chi connectivity index (χ0) is 24.0. The molecule has 0 radical (unpaired) electrons. The third kappa shape index (κ3) is 3.89. The van der Waals surface area contributed by atoms with E-state index in [0.29, 0.717) is 28.3 Å². The van der Waals surface area contributed by atoms with E-state index in [-0.39, 0.29) is 11.3 Å². The molecular weight excluding hydrogens is 446 g/mol. The summed E-state index contributed by atoms with van der Waals surface area (Å²) in [6, 6.07) is 7.38. The van der Waals surface area contributed by atoms with Crippen molar-refractivity contribution < 1.29 is 14.3 Å². The Kier molecular flexibility index (Phi) is 5.18. The maximum absolute atomic E-state index is 13.1. The zero-order valence-corrected chi connectivity index (χ0v) is 19.7. The number of hydrogen-bond acceptors (Lipinski definition) is 7. The van der Waals surface area contributed by atoms with Crippen molar-refractivity contribution in [2.75, 3.05) is 43.6 Å². The Balaban J connectivity index is 1.26. The average molecular weight is 474 g/mol. The summed E-state index contributed by atoms with van der Waals surface area (Å²) in [5, 5.41) is 7.16. The van der Waals surface area contributed by atoms with Gasteiger partial charge in [-0.1, -0.05) is 0 Å². The number of aromatic amines is 1. The summed E-state index contributed by atoms with van der Waals surface area (Å²) in [6.07, 6.45) is 7.56.